The SMILES string of the molecule is c1ccc(OCCCCOc2ccccc2CCC2=NCCN2)cc1. The van der Waals surface area contributed by atoms with Gasteiger partial charge in [-0.15, -0.1) is 0 Å². The Labute approximate surface area is 149 Å². The molecule has 132 valence electrons. The van der Waals surface area contributed by atoms with Crippen LogP contribution in [0.4, 0.5) is 0 Å². The van der Waals surface area contributed by atoms with Gasteiger partial charge in [-0.2, -0.15) is 0 Å². The molecule has 0 saturated heterocycles. The van der Waals surface area contributed by atoms with Crippen LogP contribution in [0.15, 0.2) is 59.6 Å². The average Bonchev–Trinajstić information content (AvgIpc) is 3.18. The highest BCUT2D eigenvalue weighted by atomic mass is 16.5. The molecule has 1 aliphatic heterocycles. The van der Waals surface area contributed by atoms with E-state index in [0.29, 0.717) is 6.61 Å². The molecule has 0 atom stereocenters. The summed E-state index contributed by atoms with van der Waals surface area (Å²) in [6.45, 7) is 3.31. The molecule has 0 fully saturated rings. The Morgan fingerprint density at radius 2 is 1.60 bits per heavy atom. The highest BCUT2D eigenvalue weighted by molar-refractivity contribution is 5.83. The Morgan fingerprint density at radius 1 is 0.840 bits per heavy atom. The smallest absolute Gasteiger partial charge is 0.122 e. The van der Waals surface area contributed by atoms with Crippen molar-refractivity contribution in [3.05, 3.63) is 60.2 Å². The van der Waals surface area contributed by atoms with E-state index in [1.807, 2.05) is 36.4 Å². The van der Waals surface area contributed by atoms with E-state index in [-0.39, 0.29) is 0 Å². The van der Waals surface area contributed by atoms with Crippen LogP contribution in [-0.2, 0) is 6.42 Å². The van der Waals surface area contributed by atoms with Gasteiger partial charge in [-0.3, -0.25) is 4.99 Å². The van der Waals surface area contributed by atoms with E-state index in [1.54, 1.807) is 0 Å². The van der Waals surface area contributed by atoms with Gasteiger partial charge in [0.05, 0.1) is 25.6 Å². The fourth-order valence-corrected chi connectivity index (χ4v) is 2.81. The van der Waals surface area contributed by atoms with Crippen molar-refractivity contribution in [3.8, 4) is 11.5 Å². The molecule has 0 saturated carbocycles. The molecule has 2 aromatic rings. The summed E-state index contributed by atoms with van der Waals surface area (Å²) in [4.78, 5) is 4.45. The molecule has 0 radical (unpaired) electrons. The van der Waals surface area contributed by atoms with Crippen molar-refractivity contribution in [1.82, 2.24) is 5.32 Å². The molecular formula is C21H26N2O2. The number of unbranched alkanes of at least 4 members (excludes halogenated alkanes) is 1. The van der Waals surface area contributed by atoms with Crippen LogP contribution < -0.4 is 14.8 Å². The van der Waals surface area contributed by atoms with E-state index in [0.717, 1.165) is 62.7 Å². The van der Waals surface area contributed by atoms with Crippen molar-refractivity contribution in [1.29, 1.82) is 0 Å². The number of ether oxygens (including phenoxy) is 2. The zero-order valence-electron chi connectivity index (χ0n) is 14.6. The van der Waals surface area contributed by atoms with Crippen molar-refractivity contribution in [3.63, 3.8) is 0 Å². The number of benzene rings is 2. The van der Waals surface area contributed by atoms with E-state index < -0.39 is 0 Å². The maximum Gasteiger partial charge on any atom is 0.122 e. The van der Waals surface area contributed by atoms with Crippen LogP contribution in [-0.4, -0.2) is 32.1 Å². The van der Waals surface area contributed by atoms with Crippen LogP contribution in [0.1, 0.15) is 24.8 Å². The van der Waals surface area contributed by atoms with Gasteiger partial charge in [0, 0.05) is 13.0 Å². The van der Waals surface area contributed by atoms with Gasteiger partial charge in [-0.25, -0.2) is 0 Å². The number of aryl methyl sites for hydroxylation is 1. The van der Waals surface area contributed by atoms with Crippen molar-refractivity contribution in [2.24, 2.45) is 4.99 Å². The maximum absolute atomic E-state index is 5.99. The van der Waals surface area contributed by atoms with E-state index >= 15 is 0 Å². The normalized spacial score (nSPS) is 13.2. The molecule has 0 aliphatic carbocycles. The lowest BCUT2D eigenvalue weighted by molar-refractivity contribution is 0.265. The molecule has 1 heterocycles. The highest BCUT2D eigenvalue weighted by Crippen LogP contribution is 2.20. The van der Waals surface area contributed by atoms with Crippen LogP contribution >= 0.6 is 0 Å². The van der Waals surface area contributed by atoms with Crippen LogP contribution in [0.5, 0.6) is 11.5 Å². The van der Waals surface area contributed by atoms with Gasteiger partial charge in [0.15, 0.2) is 0 Å². The summed E-state index contributed by atoms with van der Waals surface area (Å²) in [6.07, 6.45) is 3.87. The first-order valence-corrected chi connectivity index (χ1v) is 9.07. The Morgan fingerprint density at radius 3 is 2.40 bits per heavy atom. The molecule has 1 aliphatic rings. The maximum atomic E-state index is 5.99. The quantitative estimate of drug-likeness (QED) is 0.669. The fraction of sp³-hybridized carbons (Fsp3) is 0.381. The van der Waals surface area contributed by atoms with Crippen LogP contribution in [0.25, 0.3) is 0 Å². The molecule has 3 rings (SSSR count). The Balaban J connectivity index is 1.36. The zero-order chi connectivity index (χ0) is 17.2. The summed E-state index contributed by atoms with van der Waals surface area (Å²) in [7, 11) is 0. The van der Waals surface area contributed by atoms with Crippen molar-refractivity contribution in [2.45, 2.75) is 25.7 Å². The third-order valence-corrected chi connectivity index (χ3v) is 4.16. The van der Waals surface area contributed by atoms with E-state index in [1.165, 1.54) is 5.56 Å². The minimum absolute atomic E-state index is 0.717. The van der Waals surface area contributed by atoms with E-state index in [4.69, 9.17) is 9.47 Å². The van der Waals surface area contributed by atoms with E-state index in [9.17, 15) is 0 Å². The third kappa shape index (κ3) is 5.82. The number of hydrogen-bond acceptors (Lipinski definition) is 4. The van der Waals surface area contributed by atoms with Gasteiger partial charge < -0.3 is 14.8 Å². The van der Waals surface area contributed by atoms with E-state index in [2.05, 4.69) is 28.5 Å². The fourth-order valence-electron chi connectivity index (χ4n) is 2.81. The van der Waals surface area contributed by atoms with Crippen LogP contribution in [0.2, 0.25) is 0 Å². The molecule has 1 N–H and O–H groups in total. The molecule has 2 aromatic carbocycles. The first-order chi connectivity index (χ1) is 12.4. The first-order valence-electron chi connectivity index (χ1n) is 9.07. The Kier molecular flexibility index (Phi) is 6.74. The lowest BCUT2D eigenvalue weighted by Gasteiger charge is -2.12. The highest BCUT2D eigenvalue weighted by Gasteiger charge is 2.08. The number of aliphatic imine (C=N–C) groups is 1. The molecule has 0 amide bonds. The molecule has 0 bridgehead atoms. The lowest BCUT2D eigenvalue weighted by Crippen LogP contribution is -2.18. The minimum atomic E-state index is 0.717. The second-order valence-electron chi connectivity index (χ2n) is 6.08. The van der Waals surface area contributed by atoms with Gasteiger partial charge in [0.2, 0.25) is 0 Å². The molecule has 4 nitrogen and oxygen atoms in total. The number of hydrogen-bond donors (Lipinski definition) is 1. The summed E-state index contributed by atoms with van der Waals surface area (Å²) in [5.41, 5.74) is 1.25. The topological polar surface area (TPSA) is 42.9 Å². The summed E-state index contributed by atoms with van der Waals surface area (Å²) in [6, 6.07) is 18.2. The van der Waals surface area contributed by atoms with Crippen LogP contribution in [0, 0.1) is 0 Å². The predicted octanol–water partition coefficient (Wildman–Crippen LogP) is 3.86. The second-order valence-corrected chi connectivity index (χ2v) is 6.08. The summed E-state index contributed by atoms with van der Waals surface area (Å²) in [5.74, 6) is 3.04. The monoisotopic (exact) mass is 338 g/mol. The van der Waals surface area contributed by atoms with Gasteiger partial charge in [-0.1, -0.05) is 36.4 Å². The number of nitrogens with zero attached hydrogens (tertiary/aromatic N) is 1. The molecule has 4 heteroatoms. The predicted molar refractivity (Wildman–Crippen MR) is 102 cm³/mol. The molecule has 0 unspecified atom stereocenters. The number of nitrogens with one attached hydrogen (secondary N) is 1. The Bertz CT molecular complexity index is 671. The molecule has 0 spiro atoms. The average molecular weight is 338 g/mol. The first kappa shape index (κ1) is 17.3. The third-order valence-electron chi connectivity index (χ3n) is 4.16. The molecule has 0 aromatic heterocycles. The molecule has 25 heavy (non-hydrogen) atoms. The Hall–Kier alpha value is -2.49. The molecular weight excluding hydrogens is 312 g/mol. The number of para-hydroxylation sites is 2. The van der Waals surface area contributed by atoms with Crippen molar-refractivity contribution < 1.29 is 9.47 Å². The zero-order valence-corrected chi connectivity index (χ0v) is 14.6. The second kappa shape index (κ2) is 9.72. The number of rotatable bonds is 10. The van der Waals surface area contributed by atoms with Gasteiger partial charge in [0.1, 0.15) is 11.5 Å². The van der Waals surface area contributed by atoms with Gasteiger partial charge >= 0.3 is 0 Å². The number of amidine groups is 1. The summed E-state index contributed by atoms with van der Waals surface area (Å²) >= 11 is 0. The minimum Gasteiger partial charge on any atom is -0.494 e. The van der Waals surface area contributed by atoms with Crippen molar-refractivity contribution >= 4 is 5.84 Å². The summed E-state index contributed by atoms with van der Waals surface area (Å²) in [5, 5.41) is 3.32. The van der Waals surface area contributed by atoms with Gasteiger partial charge in [0.25, 0.3) is 0 Å². The van der Waals surface area contributed by atoms with Gasteiger partial charge in [-0.05, 0) is 43.0 Å². The van der Waals surface area contributed by atoms with Crippen LogP contribution in [0.3, 0.4) is 0 Å². The largest absolute Gasteiger partial charge is 0.494 e. The lowest BCUT2D eigenvalue weighted by atomic mass is 10.1. The summed E-state index contributed by atoms with van der Waals surface area (Å²) < 4.78 is 11.7. The standard InChI is InChI=1S/C21H26N2O2/c1-2-9-19(10-3-1)24-16-6-7-17-25-20-11-5-4-8-18(20)12-13-21-22-14-15-23-21/h1-5,8-11H,6-7,12-17H2,(H,22,23). The van der Waals surface area contributed by atoms with Crippen molar-refractivity contribution in [2.75, 3.05) is 26.3 Å².